The van der Waals surface area contributed by atoms with Gasteiger partial charge in [-0.15, -0.1) is 11.8 Å². The third kappa shape index (κ3) is 2.72. The van der Waals surface area contributed by atoms with Crippen LogP contribution in [0.2, 0.25) is 0 Å². The number of aromatic nitrogens is 2. The fourth-order valence-corrected chi connectivity index (χ4v) is 2.23. The first-order chi connectivity index (χ1) is 8.41. The third-order valence-electron chi connectivity index (χ3n) is 2.25. The number of thioether (sulfide) groups is 1. The number of hydrogen-bond acceptors (Lipinski definition) is 2. The van der Waals surface area contributed by atoms with E-state index >= 15 is 0 Å². The zero-order valence-electron chi connectivity index (χ0n) is 9.20. The molecule has 2 rings (SSSR count). The molecule has 0 unspecified atom stereocenters. The molecule has 96 valence electrons. The van der Waals surface area contributed by atoms with Gasteiger partial charge in [0.15, 0.2) is 5.69 Å². The largest absolute Gasteiger partial charge is 0.435 e. The number of hydrogen-bond donors (Lipinski definition) is 0. The number of rotatable bonds is 2. The lowest BCUT2D eigenvalue weighted by molar-refractivity contribution is -0.141. The minimum Gasteiger partial charge on any atom is -0.227 e. The average molecular weight is 337 g/mol. The Morgan fingerprint density at radius 1 is 1.22 bits per heavy atom. The second-order valence-corrected chi connectivity index (χ2v) is 5.20. The van der Waals surface area contributed by atoms with Gasteiger partial charge in [0.05, 0.1) is 5.69 Å². The molecule has 0 bridgehead atoms. The molecular formula is C11H8BrF3N2S. The van der Waals surface area contributed by atoms with Gasteiger partial charge in [-0.2, -0.15) is 18.3 Å². The van der Waals surface area contributed by atoms with Gasteiger partial charge in [-0.1, -0.05) is 15.9 Å². The number of benzene rings is 1. The molecule has 7 heteroatoms. The van der Waals surface area contributed by atoms with Crippen LogP contribution in [0.4, 0.5) is 13.2 Å². The van der Waals surface area contributed by atoms with Crippen LogP contribution >= 0.6 is 27.7 Å². The maximum absolute atomic E-state index is 12.6. The molecule has 0 fully saturated rings. The highest BCUT2D eigenvalue weighted by atomic mass is 79.9. The lowest BCUT2D eigenvalue weighted by atomic mass is 10.3. The van der Waals surface area contributed by atoms with E-state index in [-0.39, 0.29) is 0 Å². The van der Waals surface area contributed by atoms with Gasteiger partial charge in [0.2, 0.25) is 0 Å². The molecule has 0 atom stereocenters. The van der Waals surface area contributed by atoms with Crippen molar-refractivity contribution >= 4 is 27.7 Å². The summed E-state index contributed by atoms with van der Waals surface area (Å²) in [5.74, 6) is 0. The molecule has 1 aromatic carbocycles. The van der Waals surface area contributed by atoms with Crippen LogP contribution in [0, 0.1) is 0 Å². The maximum Gasteiger partial charge on any atom is 0.435 e. The summed E-state index contributed by atoms with van der Waals surface area (Å²) in [4.78, 5) is 0. The zero-order chi connectivity index (χ0) is 13.3. The second kappa shape index (κ2) is 4.97. The van der Waals surface area contributed by atoms with Gasteiger partial charge in [0, 0.05) is 10.5 Å². The molecular weight excluding hydrogens is 329 g/mol. The summed E-state index contributed by atoms with van der Waals surface area (Å²) in [6.45, 7) is 0. The molecule has 0 amide bonds. The van der Waals surface area contributed by atoms with Crippen molar-refractivity contribution in [2.75, 3.05) is 6.26 Å². The van der Waals surface area contributed by atoms with Crippen molar-refractivity contribution < 1.29 is 13.2 Å². The summed E-state index contributed by atoms with van der Waals surface area (Å²) in [6.07, 6.45) is -2.71. The molecule has 0 aliphatic carbocycles. The highest BCUT2D eigenvalue weighted by molar-refractivity contribution is 9.10. The first-order valence-corrected chi connectivity index (χ1v) is 6.91. The fraction of sp³-hybridized carbons (Fsp3) is 0.182. The lowest BCUT2D eigenvalue weighted by Crippen LogP contribution is -2.07. The van der Waals surface area contributed by atoms with Gasteiger partial charge in [-0.3, -0.25) is 0 Å². The third-order valence-corrected chi connectivity index (χ3v) is 3.49. The molecule has 0 saturated heterocycles. The van der Waals surface area contributed by atoms with Crippen LogP contribution in [0.15, 0.2) is 39.8 Å². The van der Waals surface area contributed by atoms with Crippen LogP contribution in [-0.2, 0) is 6.18 Å². The van der Waals surface area contributed by atoms with Crippen LogP contribution in [0.5, 0.6) is 0 Å². The SMILES string of the molecule is CSc1cc(C(F)(F)F)nn1-c1ccc(Br)cc1. The summed E-state index contributed by atoms with van der Waals surface area (Å²) >= 11 is 4.50. The van der Waals surface area contributed by atoms with Gasteiger partial charge >= 0.3 is 6.18 Å². The van der Waals surface area contributed by atoms with Crippen molar-refractivity contribution in [2.24, 2.45) is 0 Å². The Bertz CT molecular complexity index is 548. The summed E-state index contributed by atoms with van der Waals surface area (Å²) in [5.41, 5.74) is -0.284. The van der Waals surface area contributed by atoms with Gasteiger partial charge in [0.1, 0.15) is 5.03 Å². The first-order valence-electron chi connectivity index (χ1n) is 4.89. The highest BCUT2D eigenvalue weighted by Gasteiger charge is 2.35. The summed E-state index contributed by atoms with van der Waals surface area (Å²) in [5, 5.41) is 4.06. The number of alkyl halides is 3. The topological polar surface area (TPSA) is 17.8 Å². The average Bonchev–Trinajstić information content (AvgIpc) is 2.73. The predicted octanol–water partition coefficient (Wildman–Crippen LogP) is 4.38. The molecule has 0 saturated carbocycles. The molecule has 1 aromatic heterocycles. The van der Waals surface area contributed by atoms with Crippen molar-refractivity contribution in [3.8, 4) is 5.69 Å². The molecule has 18 heavy (non-hydrogen) atoms. The molecule has 0 aliphatic heterocycles. The van der Waals surface area contributed by atoms with Crippen LogP contribution in [-0.4, -0.2) is 16.0 Å². The molecule has 0 radical (unpaired) electrons. The zero-order valence-corrected chi connectivity index (χ0v) is 11.6. The van der Waals surface area contributed by atoms with Crippen LogP contribution < -0.4 is 0 Å². The standard InChI is InChI=1S/C11H8BrF3N2S/c1-18-10-6-9(11(13,14)15)16-17(10)8-4-2-7(12)3-5-8/h2-6H,1H3. The second-order valence-electron chi connectivity index (χ2n) is 3.46. The summed E-state index contributed by atoms with van der Waals surface area (Å²) < 4.78 is 40.0. The van der Waals surface area contributed by atoms with Crippen LogP contribution in [0.25, 0.3) is 5.69 Å². The minimum atomic E-state index is -4.43. The van der Waals surface area contributed by atoms with Crippen molar-refractivity contribution in [1.29, 1.82) is 0 Å². The van der Waals surface area contributed by atoms with E-state index in [9.17, 15) is 13.2 Å². The van der Waals surface area contributed by atoms with E-state index in [4.69, 9.17) is 0 Å². The molecule has 0 aliphatic rings. The first kappa shape index (κ1) is 13.5. The molecule has 0 N–H and O–H groups in total. The maximum atomic E-state index is 12.6. The number of nitrogens with zero attached hydrogens (tertiary/aromatic N) is 2. The van der Waals surface area contributed by atoms with E-state index in [2.05, 4.69) is 21.0 Å². The molecule has 2 nitrogen and oxygen atoms in total. The van der Waals surface area contributed by atoms with Gasteiger partial charge in [-0.25, -0.2) is 4.68 Å². The van der Waals surface area contributed by atoms with Crippen molar-refractivity contribution in [1.82, 2.24) is 9.78 Å². The van der Waals surface area contributed by atoms with Crippen molar-refractivity contribution in [3.05, 3.63) is 40.5 Å². The van der Waals surface area contributed by atoms with E-state index < -0.39 is 11.9 Å². The number of halogens is 4. The minimum absolute atomic E-state index is 0.449. The quantitative estimate of drug-likeness (QED) is 0.757. The van der Waals surface area contributed by atoms with Crippen molar-refractivity contribution in [2.45, 2.75) is 11.2 Å². The lowest BCUT2D eigenvalue weighted by Gasteiger charge is -2.05. The van der Waals surface area contributed by atoms with Gasteiger partial charge in [-0.05, 0) is 30.5 Å². The van der Waals surface area contributed by atoms with Crippen LogP contribution in [0.3, 0.4) is 0 Å². The Kier molecular flexibility index (Phi) is 3.72. The fourth-order valence-electron chi connectivity index (χ4n) is 1.42. The van der Waals surface area contributed by atoms with Gasteiger partial charge < -0.3 is 0 Å². The van der Waals surface area contributed by atoms with E-state index in [1.54, 1.807) is 30.5 Å². The summed E-state index contributed by atoms with van der Waals surface area (Å²) in [7, 11) is 0. The normalized spacial score (nSPS) is 11.8. The Balaban J connectivity index is 2.50. The molecule has 1 heterocycles. The molecule has 2 aromatic rings. The highest BCUT2D eigenvalue weighted by Crippen LogP contribution is 2.32. The predicted molar refractivity (Wildman–Crippen MR) is 68.0 cm³/mol. The van der Waals surface area contributed by atoms with E-state index in [0.29, 0.717) is 10.7 Å². The Labute approximate surface area is 114 Å². The Morgan fingerprint density at radius 3 is 2.33 bits per heavy atom. The van der Waals surface area contributed by atoms with E-state index in [1.807, 2.05) is 0 Å². The van der Waals surface area contributed by atoms with Crippen molar-refractivity contribution in [3.63, 3.8) is 0 Å². The van der Waals surface area contributed by atoms with Gasteiger partial charge in [0.25, 0.3) is 0 Å². The Hall–Kier alpha value is -0.950. The molecule has 0 spiro atoms. The Morgan fingerprint density at radius 2 is 1.83 bits per heavy atom. The monoisotopic (exact) mass is 336 g/mol. The smallest absolute Gasteiger partial charge is 0.227 e. The van der Waals surface area contributed by atoms with E-state index in [1.165, 1.54) is 16.4 Å². The van der Waals surface area contributed by atoms with E-state index in [0.717, 1.165) is 10.5 Å². The summed E-state index contributed by atoms with van der Waals surface area (Å²) in [6, 6.07) is 7.98. The van der Waals surface area contributed by atoms with Crippen LogP contribution in [0.1, 0.15) is 5.69 Å².